The van der Waals surface area contributed by atoms with Crippen molar-refractivity contribution in [1.82, 2.24) is 14.9 Å². The fraction of sp³-hybridized carbons (Fsp3) is 0.353. The van der Waals surface area contributed by atoms with Gasteiger partial charge in [-0.3, -0.25) is 4.79 Å². The normalized spacial score (nSPS) is 17.2. The van der Waals surface area contributed by atoms with Crippen molar-refractivity contribution in [3.8, 4) is 11.1 Å². The van der Waals surface area contributed by atoms with Crippen LogP contribution in [0, 0.1) is 5.82 Å². The molecule has 1 saturated heterocycles. The molecule has 1 atom stereocenters. The number of hydrogen-bond donors (Lipinski definition) is 1. The molecule has 1 aliphatic rings. The zero-order valence-corrected chi connectivity index (χ0v) is 13.4. The van der Waals surface area contributed by atoms with Crippen LogP contribution in [0.5, 0.6) is 0 Å². The van der Waals surface area contributed by atoms with Gasteiger partial charge in [-0.1, -0.05) is 12.1 Å². The number of anilines is 1. The highest BCUT2D eigenvalue weighted by Gasteiger charge is 2.32. The maximum atomic E-state index is 13.2. The number of benzene rings is 1. The Morgan fingerprint density at radius 2 is 2.17 bits per heavy atom. The summed E-state index contributed by atoms with van der Waals surface area (Å²) in [6.07, 6.45) is 3.30. The first-order chi connectivity index (χ1) is 11.6. The number of amides is 1. The smallest absolute Gasteiger partial charge is 0.249 e. The summed E-state index contributed by atoms with van der Waals surface area (Å²) in [5.41, 5.74) is 8.00. The first kappa shape index (κ1) is 16.3. The molecular weight excluding hydrogens is 311 g/mol. The Labute approximate surface area is 139 Å². The van der Waals surface area contributed by atoms with Crippen molar-refractivity contribution >= 4 is 11.9 Å². The van der Waals surface area contributed by atoms with Crippen LogP contribution in [0.15, 0.2) is 30.5 Å². The quantitative estimate of drug-likeness (QED) is 0.929. The van der Waals surface area contributed by atoms with Crippen molar-refractivity contribution in [2.75, 3.05) is 26.0 Å². The van der Waals surface area contributed by atoms with Gasteiger partial charge >= 0.3 is 0 Å². The zero-order valence-electron chi connectivity index (χ0n) is 13.4. The number of carbonyl (C=O) groups excluding carboxylic acids is 1. The van der Waals surface area contributed by atoms with Gasteiger partial charge in [-0.2, -0.15) is 0 Å². The lowest BCUT2D eigenvalue weighted by Gasteiger charge is -2.25. The van der Waals surface area contributed by atoms with Crippen molar-refractivity contribution in [2.24, 2.45) is 0 Å². The summed E-state index contributed by atoms with van der Waals surface area (Å²) in [5.74, 6) is -0.237. The number of hydrogen-bond acceptors (Lipinski definition) is 5. The molecular formula is C17H19FN4O2. The van der Waals surface area contributed by atoms with Crippen LogP contribution < -0.4 is 5.73 Å². The van der Waals surface area contributed by atoms with E-state index in [0.717, 1.165) is 24.0 Å². The predicted molar refractivity (Wildman–Crippen MR) is 87.4 cm³/mol. The molecule has 0 radical (unpaired) electrons. The Kier molecular flexibility index (Phi) is 4.71. The molecule has 1 aliphatic heterocycles. The SMILES string of the molecule is COCC(=O)N1CCC[C@@H]1c1nc(N)ncc1-c1ccc(F)cc1. The molecule has 2 N–H and O–H groups in total. The molecule has 1 amide bonds. The Bertz CT molecular complexity index is 736. The van der Waals surface area contributed by atoms with Crippen LogP contribution in [0.1, 0.15) is 24.6 Å². The molecule has 24 heavy (non-hydrogen) atoms. The number of nitrogens with two attached hydrogens (primary N) is 1. The lowest BCUT2D eigenvalue weighted by molar-refractivity contribution is -0.136. The molecule has 0 bridgehead atoms. The van der Waals surface area contributed by atoms with E-state index in [1.54, 1.807) is 23.2 Å². The number of likely N-dealkylation sites (tertiary alicyclic amines) is 1. The molecule has 1 aromatic carbocycles. The summed E-state index contributed by atoms with van der Waals surface area (Å²) < 4.78 is 18.2. The average molecular weight is 330 g/mol. The number of aromatic nitrogens is 2. The number of nitrogen functional groups attached to an aromatic ring is 1. The van der Waals surface area contributed by atoms with E-state index in [4.69, 9.17) is 10.5 Å². The third-order valence-electron chi connectivity index (χ3n) is 4.15. The number of methoxy groups -OCH3 is 1. The Morgan fingerprint density at radius 1 is 1.42 bits per heavy atom. The molecule has 0 saturated carbocycles. The summed E-state index contributed by atoms with van der Waals surface area (Å²) in [7, 11) is 1.50. The molecule has 126 valence electrons. The summed E-state index contributed by atoms with van der Waals surface area (Å²) >= 11 is 0. The topological polar surface area (TPSA) is 81.3 Å². The lowest BCUT2D eigenvalue weighted by atomic mass is 10.00. The van der Waals surface area contributed by atoms with Crippen molar-refractivity contribution in [1.29, 1.82) is 0 Å². The van der Waals surface area contributed by atoms with Gasteiger partial charge in [-0.05, 0) is 30.5 Å². The highest BCUT2D eigenvalue weighted by molar-refractivity contribution is 5.79. The predicted octanol–water partition coefficient (Wildman–Crippen LogP) is 2.17. The molecule has 0 unspecified atom stereocenters. The van der Waals surface area contributed by atoms with Gasteiger partial charge in [-0.25, -0.2) is 14.4 Å². The molecule has 6 nitrogen and oxygen atoms in total. The van der Waals surface area contributed by atoms with E-state index < -0.39 is 0 Å². The standard InChI is InChI=1S/C17H19FN4O2/c1-24-10-15(23)22-8-2-3-14(22)16-13(9-20-17(19)21-16)11-4-6-12(18)7-5-11/h4-7,9,14H,2-3,8,10H2,1H3,(H2,19,20,21)/t14-/m1/s1. The van der Waals surface area contributed by atoms with Gasteiger partial charge in [0.15, 0.2) is 0 Å². The van der Waals surface area contributed by atoms with Gasteiger partial charge in [0.05, 0.1) is 11.7 Å². The number of nitrogens with zero attached hydrogens (tertiary/aromatic N) is 3. The first-order valence-electron chi connectivity index (χ1n) is 7.77. The fourth-order valence-electron chi connectivity index (χ4n) is 3.07. The Hall–Kier alpha value is -2.54. The molecule has 3 rings (SSSR count). The number of rotatable bonds is 4. The maximum Gasteiger partial charge on any atom is 0.249 e. The highest BCUT2D eigenvalue weighted by atomic mass is 19.1. The largest absolute Gasteiger partial charge is 0.375 e. The number of halogens is 1. The third kappa shape index (κ3) is 3.21. The van der Waals surface area contributed by atoms with Crippen LogP contribution in [0.2, 0.25) is 0 Å². The van der Waals surface area contributed by atoms with Crippen molar-refractivity contribution < 1.29 is 13.9 Å². The second-order valence-corrected chi connectivity index (χ2v) is 5.71. The van der Waals surface area contributed by atoms with Crippen LogP contribution in [-0.4, -0.2) is 41.0 Å². The minimum atomic E-state index is -0.311. The summed E-state index contributed by atoms with van der Waals surface area (Å²) in [4.78, 5) is 22.5. The van der Waals surface area contributed by atoms with Crippen LogP contribution in [-0.2, 0) is 9.53 Å². The Balaban J connectivity index is 2.01. The maximum absolute atomic E-state index is 13.2. The van der Waals surface area contributed by atoms with Gasteiger partial charge in [0, 0.05) is 25.4 Å². The number of ether oxygens (including phenoxy) is 1. The first-order valence-corrected chi connectivity index (χ1v) is 7.77. The molecule has 2 aromatic rings. The van der Waals surface area contributed by atoms with Crippen LogP contribution in [0.25, 0.3) is 11.1 Å². The second-order valence-electron chi connectivity index (χ2n) is 5.71. The lowest BCUT2D eigenvalue weighted by Crippen LogP contribution is -2.34. The third-order valence-corrected chi connectivity index (χ3v) is 4.15. The van der Waals surface area contributed by atoms with Crippen LogP contribution in [0.3, 0.4) is 0 Å². The van der Waals surface area contributed by atoms with Crippen molar-refractivity contribution in [3.63, 3.8) is 0 Å². The van der Waals surface area contributed by atoms with Gasteiger partial charge in [-0.15, -0.1) is 0 Å². The summed E-state index contributed by atoms with van der Waals surface area (Å²) in [6, 6.07) is 5.93. The fourth-order valence-corrected chi connectivity index (χ4v) is 3.07. The van der Waals surface area contributed by atoms with Crippen molar-refractivity contribution in [2.45, 2.75) is 18.9 Å². The molecule has 0 spiro atoms. The van der Waals surface area contributed by atoms with Gasteiger partial charge in [0.25, 0.3) is 0 Å². The molecule has 7 heteroatoms. The van der Waals surface area contributed by atoms with E-state index in [9.17, 15) is 9.18 Å². The van der Waals surface area contributed by atoms with Crippen LogP contribution in [0.4, 0.5) is 10.3 Å². The van der Waals surface area contributed by atoms with E-state index in [1.165, 1.54) is 19.2 Å². The van der Waals surface area contributed by atoms with E-state index in [-0.39, 0.29) is 30.3 Å². The van der Waals surface area contributed by atoms with E-state index in [1.807, 2.05) is 0 Å². The van der Waals surface area contributed by atoms with Gasteiger partial charge in [0.2, 0.25) is 11.9 Å². The van der Waals surface area contributed by atoms with E-state index >= 15 is 0 Å². The monoisotopic (exact) mass is 330 g/mol. The number of carbonyl (C=O) groups is 1. The van der Waals surface area contributed by atoms with Crippen molar-refractivity contribution in [3.05, 3.63) is 42.0 Å². The van der Waals surface area contributed by atoms with E-state index in [2.05, 4.69) is 9.97 Å². The minimum absolute atomic E-state index is 0.0307. The average Bonchev–Trinajstić information content (AvgIpc) is 3.05. The highest BCUT2D eigenvalue weighted by Crippen LogP contribution is 2.36. The minimum Gasteiger partial charge on any atom is -0.375 e. The molecule has 2 heterocycles. The summed E-state index contributed by atoms with van der Waals surface area (Å²) in [5, 5.41) is 0. The van der Waals surface area contributed by atoms with E-state index in [0.29, 0.717) is 12.2 Å². The van der Waals surface area contributed by atoms with Gasteiger partial charge < -0.3 is 15.4 Å². The molecule has 0 aliphatic carbocycles. The summed E-state index contributed by atoms with van der Waals surface area (Å²) in [6.45, 7) is 0.683. The molecule has 1 aromatic heterocycles. The second kappa shape index (κ2) is 6.92. The van der Waals surface area contributed by atoms with Crippen LogP contribution >= 0.6 is 0 Å². The molecule has 1 fully saturated rings. The van der Waals surface area contributed by atoms with Gasteiger partial charge in [0.1, 0.15) is 12.4 Å². The zero-order chi connectivity index (χ0) is 17.1. The Morgan fingerprint density at radius 3 is 2.88 bits per heavy atom.